The van der Waals surface area contributed by atoms with E-state index < -0.39 is 5.92 Å². The predicted octanol–water partition coefficient (Wildman–Crippen LogP) is 7.55. The molecule has 16 heteroatoms. The molecule has 2 aliphatic rings. The predicted molar refractivity (Wildman–Crippen MR) is 271 cm³/mol. The minimum atomic E-state index is -0.392. The van der Waals surface area contributed by atoms with E-state index in [0.717, 1.165) is 32.5 Å². The summed E-state index contributed by atoms with van der Waals surface area (Å²) in [5.74, 6) is 0.613. The summed E-state index contributed by atoms with van der Waals surface area (Å²) in [4.78, 5) is 59.2. The second-order valence-corrected chi connectivity index (χ2v) is 17.6. The topological polar surface area (TPSA) is 164 Å². The summed E-state index contributed by atoms with van der Waals surface area (Å²) in [5.41, 5.74) is 2.18. The van der Waals surface area contributed by atoms with Crippen molar-refractivity contribution < 1.29 is 57.1 Å². The first-order valence-corrected chi connectivity index (χ1v) is 24.4. The number of carbonyl (C=O) groups is 4. The molecular formula is C54H82N4O12. The van der Waals surface area contributed by atoms with Gasteiger partial charge in [-0.1, -0.05) is 37.8 Å². The Kier molecular flexibility index (Phi) is 26.1. The number of nitrogens with one attached hydrogen (secondary N) is 1. The highest BCUT2D eigenvalue weighted by molar-refractivity contribution is 5.96. The van der Waals surface area contributed by atoms with Crippen LogP contribution in [0.4, 0.5) is 0 Å². The molecule has 16 nitrogen and oxygen atoms in total. The lowest BCUT2D eigenvalue weighted by Gasteiger charge is -2.45. The summed E-state index contributed by atoms with van der Waals surface area (Å²) in [6.45, 7) is 17.6. The maximum atomic E-state index is 14.0. The standard InChI is InChI=1S/C30H42N2O6.C23H36N2O6.CH4/c1-6-37-30(34)25-15-16-31(20-23-11-8-7-9-12-23)21-26(25)32(22(2)3)29(33)24-13-14-27(36-5)28(19-24)38-18-10-17-35-4;1-6-30-23(27)18-10-11-24-15-19(18)25(16(2)3)22(26)17-8-9-20(29-5)21(14-17)31-13-7-12-28-4;/h7-9,11-14,19,22,25-26H,6,10,15-18,20-21H2,1-5H3;8-9,14,16,18-19,24H,6-7,10-13,15H2,1-5H3;1H4. The zero-order chi connectivity index (χ0) is 50.3. The first-order chi connectivity index (χ1) is 33.3. The fourth-order valence-corrected chi connectivity index (χ4v) is 8.90. The van der Waals surface area contributed by atoms with Crippen LogP contribution in [0.25, 0.3) is 0 Å². The minimum absolute atomic E-state index is 0. The zero-order valence-corrected chi connectivity index (χ0v) is 42.7. The van der Waals surface area contributed by atoms with Crippen molar-refractivity contribution in [3.63, 3.8) is 0 Å². The van der Waals surface area contributed by atoms with E-state index in [4.69, 9.17) is 37.9 Å². The molecule has 2 saturated heterocycles. The summed E-state index contributed by atoms with van der Waals surface area (Å²) in [5, 5.41) is 3.31. The van der Waals surface area contributed by atoms with E-state index in [2.05, 4.69) is 22.3 Å². The van der Waals surface area contributed by atoms with Gasteiger partial charge >= 0.3 is 11.9 Å². The van der Waals surface area contributed by atoms with Crippen molar-refractivity contribution in [1.82, 2.24) is 20.0 Å². The van der Waals surface area contributed by atoms with Gasteiger partial charge in [0.25, 0.3) is 11.8 Å². The Morgan fingerprint density at radius 1 is 0.643 bits per heavy atom. The van der Waals surface area contributed by atoms with Crippen LogP contribution in [0.5, 0.6) is 23.0 Å². The number of piperidine rings is 2. The van der Waals surface area contributed by atoms with Crippen molar-refractivity contribution in [3.05, 3.63) is 83.4 Å². The number of ether oxygens (including phenoxy) is 8. The van der Waals surface area contributed by atoms with Crippen LogP contribution in [-0.4, -0.2) is 157 Å². The average molecular weight is 979 g/mol. The lowest BCUT2D eigenvalue weighted by molar-refractivity contribution is -0.153. The normalized spacial score (nSPS) is 17.8. The average Bonchev–Trinajstić information content (AvgIpc) is 3.34. The Morgan fingerprint density at radius 2 is 1.13 bits per heavy atom. The highest BCUT2D eigenvalue weighted by Gasteiger charge is 2.42. The van der Waals surface area contributed by atoms with Crippen LogP contribution >= 0.6 is 0 Å². The highest BCUT2D eigenvalue weighted by atomic mass is 16.5. The molecule has 2 heterocycles. The number of hydrogen-bond donors (Lipinski definition) is 1. The van der Waals surface area contributed by atoms with Crippen LogP contribution in [0.2, 0.25) is 0 Å². The largest absolute Gasteiger partial charge is 0.493 e. The fraction of sp³-hybridized carbons (Fsp3) is 0.593. The van der Waals surface area contributed by atoms with Gasteiger partial charge in [0.2, 0.25) is 0 Å². The van der Waals surface area contributed by atoms with Crippen molar-refractivity contribution in [3.8, 4) is 23.0 Å². The smallest absolute Gasteiger partial charge is 0.311 e. The van der Waals surface area contributed by atoms with E-state index in [1.54, 1.807) is 76.7 Å². The zero-order valence-electron chi connectivity index (χ0n) is 42.7. The Balaban J connectivity index is 0.000000373. The summed E-state index contributed by atoms with van der Waals surface area (Å²) < 4.78 is 43.5. The minimum Gasteiger partial charge on any atom is -0.493 e. The summed E-state index contributed by atoms with van der Waals surface area (Å²) in [7, 11) is 6.43. The van der Waals surface area contributed by atoms with E-state index in [0.29, 0.717) is 99.7 Å². The molecule has 0 radical (unpaired) electrons. The fourth-order valence-electron chi connectivity index (χ4n) is 8.90. The number of benzene rings is 3. The van der Waals surface area contributed by atoms with Crippen molar-refractivity contribution in [2.45, 2.75) is 105 Å². The van der Waals surface area contributed by atoms with Crippen molar-refractivity contribution >= 4 is 23.8 Å². The summed E-state index contributed by atoms with van der Waals surface area (Å²) >= 11 is 0. The van der Waals surface area contributed by atoms with Crippen LogP contribution in [0, 0.1) is 11.8 Å². The number of likely N-dealkylation sites (tertiary alicyclic amines) is 1. The molecule has 2 amide bonds. The van der Waals surface area contributed by atoms with Gasteiger partial charge in [0.1, 0.15) is 0 Å². The van der Waals surface area contributed by atoms with Gasteiger partial charge in [-0.25, -0.2) is 0 Å². The Bertz CT molecular complexity index is 2030. The quantitative estimate of drug-likeness (QED) is 0.0691. The number of methoxy groups -OCH3 is 4. The lowest BCUT2D eigenvalue weighted by atomic mass is 9.88. The molecule has 0 aromatic heterocycles. The van der Waals surface area contributed by atoms with Gasteiger partial charge in [-0.3, -0.25) is 24.1 Å². The first kappa shape index (κ1) is 58.9. The van der Waals surface area contributed by atoms with Gasteiger partial charge in [-0.15, -0.1) is 0 Å². The summed E-state index contributed by atoms with van der Waals surface area (Å²) in [6, 6.07) is 19.8. The third-order valence-corrected chi connectivity index (χ3v) is 12.2. The number of rotatable bonds is 24. The molecule has 1 N–H and O–H groups in total. The van der Waals surface area contributed by atoms with E-state index in [-0.39, 0.29) is 61.3 Å². The summed E-state index contributed by atoms with van der Waals surface area (Å²) in [6.07, 6.45) is 2.71. The second kappa shape index (κ2) is 31.0. The van der Waals surface area contributed by atoms with E-state index in [1.807, 2.05) is 57.7 Å². The highest BCUT2D eigenvalue weighted by Crippen LogP contribution is 2.33. The molecule has 4 unspecified atom stereocenters. The van der Waals surface area contributed by atoms with Crippen LogP contribution in [-0.2, 0) is 35.1 Å². The van der Waals surface area contributed by atoms with Gasteiger partial charge in [-0.05, 0) is 109 Å². The van der Waals surface area contributed by atoms with Crippen molar-refractivity contribution in [1.29, 1.82) is 0 Å². The molecule has 0 bridgehead atoms. The molecule has 2 fully saturated rings. The van der Waals surface area contributed by atoms with E-state index in [9.17, 15) is 19.2 Å². The Labute approximate surface area is 417 Å². The van der Waals surface area contributed by atoms with Crippen LogP contribution in [0.1, 0.15) is 101 Å². The van der Waals surface area contributed by atoms with Gasteiger partial charge in [0.15, 0.2) is 23.0 Å². The molecule has 3 aromatic carbocycles. The van der Waals surface area contributed by atoms with Crippen molar-refractivity contribution in [2.24, 2.45) is 11.8 Å². The molecule has 390 valence electrons. The number of carbonyl (C=O) groups excluding carboxylic acids is 4. The third-order valence-electron chi connectivity index (χ3n) is 12.2. The van der Waals surface area contributed by atoms with E-state index >= 15 is 0 Å². The van der Waals surface area contributed by atoms with Crippen LogP contribution in [0.3, 0.4) is 0 Å². The van der Waals surface area contributed by atoms with Crippen LogP contribution < -0.4 is 24.3 Å². The molecule has 2 aliphatic heterocycles. The number of amides is 2. The van der Waals surface area contributed by atoms with Crippen molar-refractivity contribution in [2.75, 3.05) is 94.3 Å². The molecule has 4 atom stereocenters. The molecule has 0 spiro atoms. The molecular weight excluding hydrogens is 897 g/mol. The number of esters is 2. The maximum absolute atomic E-state index is 14.0. The second-order valence-electron chi connectivity index (χ2n) is 17.6. The first-order valence-electron chi connectivity index (χ1n) is 24.4. The molecule has 3 aromatic rings. The van der Waals surface area contributed by atoms with Crippen LogP contribution in [0.15, 0.2) is 66.7 Å². The third kappa shape index (κ3) is 16.9. The monoisotopic (exact) mass is 979 g/mol. The molecule has 0 saturated carbocycles. The van der Waals surface area contributed by atoms with Gasteiger partial charge in [0, 0.05) is 83.1 Å². The Hall–Kier alpha value is -5.42. The number of nitrogens with zero attached hydrogens (tertiary/aromatic N) is 3. The number of hydrogen-bond acceptors (Lipinski definition) is 14. The van der Waals surface area contributed by atoms with Gasteiger partial charge in [-0.2, -0.15) is 0 Å². The van der Waals surface area contributed by atoms with Gasteiger partial charge < -0.3 is 53.0 Å². The Morgan fingerprint density at radius 3 is 1.59 bits per heavy atom. The molecule has 5 rings (SSSR count). The molecule has 0 aliphatic carbocycles. The lowest BCUT2D eigenvalue weighted by Crippen LogP contribution is -2.58. The molecule has 70 heavy (non-hydrogen) atoms. The SMILES string of the molecule is C.CCOC(=O)C1CCN(Cc2ccccc2)CC1N(C(=O)c1ccc(OC)c(OCCCOC)c1)C(C)C.CCOC(=O)C1CCNCC1N(C(=O)c1ccc(OC)c(OCCCOC)c1)C(C)C. The maximum Gasteiger partial charge on any atom is 0.311 e. The van der Waals surface area contributed by atoms with E-state index in [1.165, 1.54) is 5.56 Å². The van der Waals surface area contributed by atoms with Gasteiger partial charge in [0.05, 0.1) is 64.6 Å².